The normalized spacial score (nSPS) is 11.7. The fourth-order valence-electron chi connectivity index (χ4n) is 2.79. The molecule has 0 atom stereocenters. The van der Waals surface area contributed by atoms with Crippen LogP contribution in [0.5, 0.6) is 0 Å². The second kappa shape index (κ2) is 4.90. The van der Waals surface area contributed by atoms with Gasteiger partial charge in [0.15, 0.2) is 0 Å². The summed E-state index contributed by atoms with van der Waals surface area (Å²) < 4.78 is 1.07. The van der Waals surface area contributed by atoms with Crippen LogP contribution in [-0.4, -0.2) is 0 Å². The predicted octanol–water partition coefficient (Wildman–Crippen LogP) is 6.49. The lowest BCUT2D eigenvalue weighted by Crippen LogP contribution is -1.91. The summed E-state index contributed by atoms with van der Waals surface area (Å²) in [5.41, 5.74) is 6.90. The molecule has 0 saturated heterocycles. The molecule has 102 valence electrons. The Balaban J connectivity index is 2.11. The van der Waals surface area contributed by atoms with E-state index in [2.05, 4.69) is 63.7 Å². The summed E-state index contributed by atoms with van der Waals surface area (Å²) in [7, 11) is 0. The van der Waals surface area contributed by atoms with Crippen LogP contribution in [0.25, 0.3) is 22.3 Å². The van der Waals surface area contributed by atoms with Crippen molar-refractivity contribution in [1.82, 2.24) is 0 Å². The number of halogens is 2. The minimum absolute atomic E-state index is 0.748. The molecular weight excluding hydrogens is 346 g/mol. The first-order valence-corrected chi connectivity index (χ1v) is 7.85. The van der Waals surface area contributed by atoms with Crippen LogP contribution in [0.15, 0.2) is 65.1 Å². The van der Waals surface area contributed by atoms with Crippen molar-refractivity contribution in [2.45, 2.75) is 0 Å². The second-order valence-corrected chi connectivity index (χ2v) is 6.40. The van der Waals surface area contributed by atoms with Gasteiger partial charge in [0.05, 0.1) is 0 Å². The molecule has 1 N–H and O–H groups in total. The van der Waals surface area contributed by atoms with Gasteiger partial charge in [-0.2, -0.15) is 0 Å². The standard InChI is InChI=1S/C18H11BrClN/c19-11-5-7-17-15(9-11)13-3-1-2-4-14(13)16-10-12(20)6-8-18(16)21-17/h1-10,21H. The van der Waals surface area contributed by atoms with Gasteiger partial charge >= 0.3 is 0 Å². The average Bonchev–Trinajstić information content (AvgIpc) is 2.63. The summed E-state index contributed by atoms with van der Waals surface area (Å²) in [5.74, 6) is 0. The van der Waals surface area contributed by atoms with Crippen LogP contribution in [0.4, 0.5) is 11.4 Å². The van der Waals surface area contributed by atoms with Crippen molar-refractivity contribution in [1.29, 1.82) is 0 Å². The van der Waals surface area contributed by atoms with E-state index in [-0.39, 0.29) is 0 Å². The van der Waals surface area contributed by atoms with Gasteiger partial charge in [0.2, 0.25) is 0 Å². The number of fused-ring (bicyclic) bond motifs is 5. The molecule has 1 aliphatic rings. The van der Waals surface area contributed by atoms with Crippen molar-refractivity contribution in [2.75, 3.05) is 5.32 Å². The van der Waals surface area contributed by atoms with Crippen molar-refractivity contribution in [3.8, 4) is 22.3 Å². The highest BCUT2D eigenvalue weighted by Crippen LogP contribution is 2.45. The first kappa shape index (κ1) is 12.9. The molecule has 3 heteroatoms. The first-order chi connectivity index (χ1) is 10.2. The maximum Gasteiger partial charge on any atom is 0.0465 e. The van der Waals surface area contributed by atoms with E-state index in [4.69, 9.17) is 11.6 Å². The van der Waals surface area contributed by atoms with Crippen molar-refractivity contribution < 1.29 is 0 Å². The van der Waals surface area contributed by atoms with Crippen LogP contribution in [0.3, 0.4) is 0 Å². The fourth-order valence-corrected chi connectivity index (χ4v) is 3.33. The molecule has 1 heterocycles. The number of anilines is 2. The number of hydrogen-bond donors (Lipinski definition) is 1. The molecule has 1 nitrogen and oxygen atoms in total. The molecule has 0 bridgehead atoms. The highest BCUT2D eigenvalue weighted by atomic mass is 79.9. The highest BCUT2D eigenvalue weighted by Gasteiger charge is 2.18. The molecule has 0 unspecified atom stereocenters. The van der Waals surface area contributed by atoms with Gasteiger partial charge in [0.25, 0.3) is 0 Å². The number of rotatable bonds is 0. The van der Waals surface area contributed by atoms with Gasteiger partial charge in [-0.05, 0) is 47.5 Å². The molecule has 0 aliphatic carbocycles. The van der Waals surface area contributed by atoms with E-state index in [0.29, 0.717) is 0 Å². The monoisotopic (exact) mass is 355 g/mol. The van der Waals surface area contributed by atoms with Crippen LogP contribution in [0.2, 0.25) is 5.02 Å². The average molecular weight is 357 g/mol. The smallest absolute Gasteiger partial charge is 0.0465 e. The molecule has 1 aliphatic heterocycles. The molecule has 0 fully saturated rings. The zero-order chi connectivity index (χ0) is 14.4. The van der Waals surface area contributed by atoms with Crippen molar-refractivity contribution in [2.24, 2.45) is 0 Å². The summed E-state index contributed by atoms with van der Waals surface area (Å²) >= 11 is 9.76. The molecule has 3 aromatic carbocycles. The minimum Gasteiger partial charge on any atom is -0.355 e. The van der Waals surface area contributed by atoms with Crippen molar-refractivity contribution >= 4 is 38.9 Å². The Morgan fingerprint density at radius 3 is 2.05 bits per heavy atom. The Morgan fingerprint density at radius 2 is 1.33 bits per heavy atom. The van der Waals surface area contributed by atoms with Crippen LogP contribution in [0, 0.1) is 0 Å². The molecule has 21 heavy (non-hydrogen) atoms. The zero-order valence-electron chi connectivity index (χ0n) is 11.0. The van der Waals surface area contributed by atoms with E-state index in [1.807, 2.05) is 18.2 Å². The first-order valence-electron chi connectivity index (χ1n) is 6.68. The van der Waals surface area contributed by atoms with Gasteiger partial charge in [0.1, 0.15) is 0 Å². The van der Waals surface area contributed by atoms with Gasteiger partial charge in [-0.15, -0.1) is 0 Å². The summed E-state index contributed by atoms with van der Waals surface area (Å²) in [5, 5.41) is 4.27. The lowest BCUT2D eigenvalue weighted by atomic mass is 9.95. The second-order valence-electron chi connectivity index (χ2n) is 5.05. The van der Waals surface area contributed by atoms with Crippen LogP contribution in [-0.2, 0) is 0 Å². The Labute approximate surface area is 136 Å². The van der Waals surface area contributed by atoms with Crippen molar-refractivity contribution in [3.63, 3.8) is 0 Å². The number of nitrogens with one attached hydrogen (secondary N) is 1. The zero-order valence-corrected chi connectivity index (χ0v) is 13.4. The predicted molar refractivity (Wildman–Crippen MR) is 93.3 cm³/mol. The summed E-state index contributed by atoms with van der Waals surface area (Å²) in [4.78, 5) is 0. The van der Waals surface area contributed by atoms with E-state index >= 15 is 0 Å². The molecular formula is C18H11BrClN. The van der Waals surface area contributed by atoms with Gasteiger partial charge < -0.3 is 5.32 Å². The topological polar surface area (TPSA) is 12.0 Å². The third-order valence-electron chi connectivity index (χ3n) is 3.74. The fraction of sp³-hybridized carbons (Fsp3) is 0. The Kier molecular flexibility index (Phi) is 3.02. The SMILES string of the molecule is Clc1ccc2c(c1)-c1ccccc1-c1cc(Br)ccc1N2. The van der Waals surface area contributed by atoms with Gasteiger partial charge in [-0.3, -0.25) is 0 Å². The summed E-state index contributed by atoms with van der Waals surface area (Å²) in [6.45, 7) is 0. The highest BCUT2D eigenvalue weighted by molar-refractivity contribution is 9.10. The number of hydrogen-bond acceptors (Lipinski definition) is 1. The Morgan fingerprint density at radius 1 is 0.714 bits per heavy atom. The van der Waals surface area contributed by atoms with E-state index in [1.54, 1.807) is 0 Å². The molecule has 0 aromatic heterocycles. The Hall–Kier alpha value is -1.77. The van der Waals surface area contributed by atoms with Crippen LogP contribution < -0.4 is 5.32 Å². The van der Waals surface area contributed by atoms with Gasteiger partial charge in [0, 0.05) is 32.0 Å². The molecule has 0 amide bonds. The summed E-state index contributed by atoms with van der Waals surface area (Å²) in [6.07, 6.45) is 0. The third kappa shape index (κ3) is 2.15. The quantitative estimate of drug-likeness (QED) is 0.379. The molecule has 0 saturated carbocycles. The van der Waals surface area contributed by atoms with E-state index in [0.717, 1.165) is 26.4 Å². The van der Waals surface area contributed by atoms with Crippen LogP contribution in [0.1, 0.15) is 0 Å². The van der Waals surface area contributed by atoms with E-state index in [9.17, 15) is 0 Å². The third-order valence-corrected chi connectivity index (χ3v) is 4.47. The molecule has 3 aromatic rings. The number of benzene rings is 3. The van der Waals surface area contributed by atoms with E-state index < -0.39 is 0 Å². The van der Waals surface area contributed by atoms with Crippen molar-refractivity contribution in [3.05, 3.63) is 70.2 Å². The maximum absolute atomic E-state index is 6.20. The minimum atomic E-state index is 0.748. The van der Waals surface area contributed by atoms with Crippen LogP contribution >= 0.6 is 27.5 Å². The lowest BCUT2D eigenvalue weighted by Gasteiger charge is -2.10. The maximum atomic E-state index is 6.20. The largest absolute Gasteiger partial charge is 0.355 e. The molecule has 0 radical (unpaired) electrons. The van der Waals surface area contributed by atoms with Gasteiger partial charge in [-0.25, -0.2) is 0 Å². The lowest BCUT2D eigenvalue weighted by molar-refractivity contribution is 1.56. The van der Waals surface area contributed by atoms with E-state index in [1.165, 1.54) is 16.7 Å². The molecule has 0 spiro atoms. The Bertz CT molecular complexity index is 787. The van der Waals surface area contributed by atoms with Gasteiger partial charge in [-0.1, -0.05) is 51.8 Å². The summed E-state index contributed by atoms with van der Waals surface area (Å²) in [6, 6.07) is 20.7. The molecule has 4 rings (SSSR count).